The topological polar surface area (TPSA) is 96.8 Å². The molecule has 2 heterocycles. The number of anilines is 1. The van der Waals surface area contributed by atoms with Crippen molar-refractivity contribution < 1.29 is 14.4 Å². The molecule has 0 unspecified atom stereocenters. The molecule has 4 amide bonds. The minimum atomic E-state index is -0.843. The lowest BCUT2D eigenvalue weighted by Crippen LogP contribution is -2.51. The summed E-state index contributed by atoms with van der Waals surface area (Å²) in [5.41, 5.74) is 0.981. The maximum absolute atomic E-state index is 13.3. The SMILES string of the molecule is CC(C)(C)C1CCC2(CC1)NC(=O)N(CC(=O)N1CCCN(c3ccc(C#N)cc3)CC1)C2=O. The molecule has 2 saturated heterocycles. The zero-order chi connectivity index (χ0) is 24.5. The maximum atomic E-state index is 13.3. The van der Waals surface area contributed by atoms with Crippen LogP contribution >= 0.6 is 0 Å². The first-order chi connectivity index (χ1) is 16.1. The number of hydrogen-bond acceptors (Lipinski definition) is 5. The first-order valence-electron chi connectivity index (χ1n) is 12.3. The molecule has 34 heavy (non-hydrogen) atoms. The average molecular weight is 466 g/mol. The molecule has 8 nitrogen and oxygen atoms in total. The van der Waals surface area contributed by atoms with Gasteiger partial charge in [0, 0.05) is 31.9 Å². The fourth-order valence-electron chi connectivity index (χ4n) is 5.54. The number of benzene rings is 1. The van der Waals surface area contributed by atoms with Crippen molar-refractivity contribution in [2.75, 3.05) is 37.6 Å². The fraction of sp³-hybridized carbons (Fsp3) is 0.615. The highest BCUT2D eigenvalue weighted by molar-refractivity contribution is 6.09. The molecule has 3 aliphatic rings. The van der Waals surface area contributed by atoms with Gasteiger partial charge in [-0.15, -0.1) is 0 Å². The number of urea groups is 1. The van der Waals surface area contributed by atoms with Crippen molar-refractivity contribution in [3.8, 4) is 6.07 Å². The highest BCUT2D eigenvalue weighted by Crippen LogP contribution is 2.43. The van der Waals surface area contributed by atoms with Crippen LogP contribution < -0.4 is 10.2 Å². The Morgan fingerprint density at radius 1 is 1.09 bits per heavy atom. The van der Waals surface area contributed by atoms with Crippen LogP contribution in [0.2, 0.25) is 0 Å². The van der Waals surface area contributed by atoms with E-state index in [0.29, 0.717) is 44.0 Å². The predicted molar refractivity (Wildman–Crippen MR) is 129 cm³/mol. The van der Waals surface area contributed by atoms with Gasteiger partial charge in [-0.1, -0.05) is 20.8 Å². The van der Waals surface area contributed by atoms with E-state index in [1.807, 2.05) is 12.1 Å². The summed E-state index contributed by atoms with van der Waals surface area (Å²) in [5.74, 6) is 0.0903. The Kier molecular flexibility index (Phi) is 6.57. The second-order valence-electron chi connectivity index (χ2n) is 10.9. The lowest BCUT2D eigenvalue weighted by molar-refractivity contribution is -0.139. The van der Waals surface area contributed by atoms with Gasteiger partial charge in [0.15, 0.2) is 0 Å². The molecule has 8 heteroatoms. The summed E-state index contributed by atoms with van der Waals surface area (Å²) in [6.07, 6.45) is 3.86. The average Bonchev–Trinajstić information content (AvgIpc) is 2.98. The number of carbonyl (C=O) groups excluding carboxylic acids is 3. The van der Waals surface area contributed by atoms with Gasteiger partial charge in [-0.2, -0.15) is 5.26 Å². The lowest BCUT2D eigenvalue weighted by Gasteiger charge is -2.40. The van der Waals surface area contributed by atoms with Crippen LogP contribution in [0.25, 0.3) is 0 Å². The van der Waals surface area contributed by atoms with Crippen molar-refractivity contribution in [1.29, 1.82) is 5.26 Å². The molecule has 4 rings (SSSR count). The van der Waals surface area contributed by atoms with Gasteiger partial charge in [-0.05, 0) is 67.7 Å². The molecule has 0 bridgehead atoms. The van der Waals surface area contributed by atoms with Crippen LogP contribution in [-0.2, 0) is 9.59 Å². The van der Waals surface area contributed by atoms with E-state index in [1.54, 1.807) is 17.0 Å². The Morgan fingerprint density at radius 2 is 1.76 bits per heavy atom. The molecule has 1 aromatic rings. The number of amides is 4. The summed E-state index contributed by atoms with van der Waals surface area (Å²) in [6, 6.07) is 9.13. The van der Waals surface area contributed by atoms with Crippen LogP contribution in [0.5, 0.6) is 0 Å². The Labute approximate surface area is 201 Å². The van der Waals surface area contributed by atoms with Crippen LogP contribution in [0.15, 0.2) is 24.3 Å². The largest absolute Gasteiger partial charge is 0.370 e. The van der Waals surface area contributed by atoms with Crippen molar-refractivity contribution in [3.63, 3.8) is 0 Å². The summed E-state index contributed by atoms with van der Waals surface area (Å²) in [4.78, 5) is 44.1. The summed E-state index contributed by atoms with van der Waals surface area (Å²) in [7, 11) is 0. The summed E-state index contributed by atoms with van der Waals surface area (Å²) >= 11 is 0. The Balaban J connectivity index is 1.35. The van der Waals surface area contributed by atoms with Gasteiger partial charge in [0.05, 0.1) is 11.6 Å². The minimum absolute atomic E-state index is 0.182. The van der Waals surface area contributed by atoms with E-state index in [4.69, 9.17) is 5.26 Å². The molecule has 0 aromatic heterocycles. The molecule has 2 aliphatic heterocycles. The van der Waals surface area contributed by atoms with Crippen LogP contribution in [0, 0.1) is 22.7 Å². The van der Waals surface area contributed by atoms with Gasteiger partial charge in [0.25, 0.3) is 5.91 Å². The number of nitriles is 1. The summed E-state index contributed by atoms with van der Waals surface area (Å²) < 4.78 is 0. The van der Waals surface area contributed by atoms with Gasteiger partial charge < -0.3 is 15.1 Å². The zero-order valence-corrected chi connectivity index (χ0v) is 20.5. The predicted octanol–water partition coefficient (Wildman–Crippen LogP) is 3.12. The number of rotatable bonds is 3. The number of imide groups is 1. The Hall–Kier alpha value is -3.08. The molecule has 182 valence electrons. The Bertz CT molecular complexity index is 983. The molecule has 0 atom stereocenters. The van der Waals surface area contributed by atoms with Crippen molar-refractivity contribution in [2.45, 2.75) is 58.4 Å². The highest BCUT2D eigenvalue weighted by atomic mass is 16.2. The number of hydrogen-bond donors (Lipinski definition) is 1. The van der Waals surface area contributed by atoms with Crippen LogP contribution in [0.3, 0.4) is 0 Å². The number of nitrogens with zero attached hydrogens (tertiary/aromatic N) is 4. The lowest BCUT2D eigenvalue weighted by atomic mass is 9.67. The second-order valence-corrected chi connectivity index (χ2v) is 10.9. The molecular weight excluding hydrogens is 430 g/mol. The van der Waals surface area contributed by atoms with E-state index in [9.17, 15) is 14.4 Å². The van der Waals surface area contributed by atoms with E-state index in [-0.39, 0.29) is 23.8 Å². The van der Waals surface area contributed by atoms with Gasteiger partial charge in [0.1, 0.15) is 12.1 Å². The molecule has 1 saturated carbocycles. The zero-order valence-electron chi connectivity index (χ0n) is 20.5. The molecule has 1 N–H and O–H groups in total. The maximum Gasteiger partial charge on any atom is 0.325 e. The molecule has 1 spiro atoms. The quantitative estimate of drug-likeness (QED) is 0.692. The summed E-state index contributed by atoms with van der Waals surface area (Å²) in [6.45, 7) is 9.05. The molecule has 1 aliphatic carbocycles. The highest BCUT2D eigenvalue weighted by Gasteiger charge is 2.53. The minimum Gasteiger partial charge on any atom is -0.370 e. The van der Waals surface area contributed by atoms with Gasteiger partial charge in [0.2, 0.25) is 5.91 Å². The van der Waals surface area contributed by atoms with Gasteiger partial charge in [-0.3, -0.25) is 14.5 Å². The summed E-state index contributed by atoms with van der Waals surface area (Å²) in [5, 5.41) is 11.9. The molecule has 0 radical (unpaired) electrons. The van der Waals surface area contributed by atoms with E-state index in [2.05, 4.69) is 37.1 Å². The third-order valence-corrected chi connectivity index (χ3v) is 7.81. The van der Waals surface area contributed by atoms with Crippen LogP contribution in [-0.4, -0.2) is 65.9 Å². The van der Waals surface area contributed by atoms with E-state index in [1.165, 1.54) is 0 Å². The molecule has 1 aromatic carbocycles. The normalized spacial score (nSPS) is 25.8. The molecular formula is C26H35N5O3. The standard InChI is InChI=1S/C26H35N5O3/c1-25(2,3)20-9-11-26(12-10-20)23(33)31(24(34)28-26)18-22(32)30-14-4-13-29(15-16-30)21-7-5-19(17-27)6-8-21/h5-8,20H,4,9-16,18H2,1-3H3,(H,28,34). The van der Waals surface area contributed by atoms with Gasteiger partial charge >= 0.3 is 6.03 Å². The van der Waals surface area contributed by atoms with E-state index >= 15 is 0 Å². The van der Waals surface area contributed by atoms with E-state index in [0.717, 1.165) is 36.4 Å². The fourth-order valence-corrected chi connectivity index (χ4v) is 5.54. The van der Waals surface area contributed by atoms with Crippen molar-refractivity contribution in [3.05, 3.63) is 29.8 Å². The Morgan fingerprint density at radius 3 is 2.38 bits per heavy atom. The van der Waals surface area contributed by atoms with Crippen LogP contribution in [0.4, 0.5) is 10.5 Å². The number of nitrogens with one attached hydrogen (secondary N) is 1. The van der Waals surface area contributed by atoms with Crippen molar-refractivity contribution in [1.82, 2.24) is 15.1 Å². The third-order valence-electron chi connectivity index (χ3n) is 7.81. The van der Waals surface area contributed by atoms with Crippen molar-refractivity contribution in [2.24, 2.45) is 11.3 Å². The number of carbonyl (C=O) groups is 3. The first-order valence-corrected chi connectivity index (χ1v) is 12.3. The van der Waals surface area contributed by atoms with Crippen molar-refractivity contribution >= 4 is 23.5 Å². The van der Waals surface area contributed by atoms with Gasteiger partial charge in [-0.25, -0.2) is 4.79 Å². The second kappa shape index (κ2) is 9.28. The third kappa shape index (κ3) is 4.75. The smallest absolute Gasteiger partial charge is 0.325 e. The first kappa shape index (κ1) is 24.1. The monoisotopic (exact) mass is 465 g/mol. The van der Waals surface area contributed by atoms with E-state index < -0.39 is 11.6 Å². The molecule has 3 fully saturated rings. The van der Waals surface area contributed by atoms with Crippen LogP contribution in [0.1, 0.15) is 58.4 Å².